The highest BCUT2D eigenvalue weighted by molar-refractivity contribution is 5.69. The van der Waals surface area contributed by atoms with Gasteiger partial charge in [-0.1, -0.05) is 0 Å². The number of ether oxygens (including phenoxy) is 1. The lowest BCUT2D eigenvalue weighted by Gasteiger charge is -2.23. The zero-order chi connectivity index (χ0) is 11.4. The molecular formula is C11H17N3O2. The number of piperidine rings is 1. The van der Waals surface area contributed by atoms with E-state index in [1.165, 1.54) is 7.11 Å². The molecule has 0 amide bonds. The standard InChI is InChI=1S/C11H17N3O2/c1-16-11(15)7-14-8-13-6-10(14)9-2-4-12-5-3-9/h6,8-9,12H,2-5,7H2,1H3. The summed E-state index contributed by atoms with van der Waals surface area (Å²) in [4.78, 5) is 15.4. The molecule has 0 spiro atoms. The van der Waals surface area contributed by atoms with Crippen LogP contribution in [0.3, 0.4) is 0 Å². The van der Waals surface area contributed by atoms with Crippen LogP contribution < -0.4 is 5.32 Å². The molecule has 2 heterocycles. The van der Waals surface area contributed by atoms with Crippen molar-refractivity contribution < 1.29 is 9.53 Å². The maximum atomic E-state index is 11.2. The molecular weight excluding hydrogens is 206 g/mol. The summed E-state index contributed by atoms with van der Waals surface area (Å²) in [6.45, 7) is 2.33. The predicted molar refractivity (Wildman–Crippen MR) is 59.1 cm³/mol. The van der Waals surface area contributed by atoms with Gasteiger partial charge in [-0.2, -0.15) is 0 Å². The number of imidazole rings is 1. The molecule has 0 saturated carbocycles. The van der Waals surface area contributed by atoms with Gasteiger partial charge in [0.05, 0.1) is 13.4 Å². The average molecular weight is 223 g/mol. The molecule has 1 N–H and O–H groups in total. The molecule has 0 radical (unpaired) electrons. The average Bonchev–Trinajstić information content (AvgIpc) is 2.78. The fraction of sp³-hybridized carbons (Fsp3) is 0.636. The van der Waals surface area contributed by atoms with Gasteiger partial charge < -0.3 is 14.6 Å². The number of nitrogens with zero attached hydrogens (tertiary/aromatic N) is 2. The monoisotopic (exact) mass is 223 g/mol. The topological polar surface area (TPSA) is 56.2 Å². The Labute approximate surface area is 94.8 Å². The first kappa shape index (κ1) is 11.1. The van der Waals surface area contributed by atoms with Crippen molar-refractivity contribution in [2.75, 3.05) is 20.2 Å². The molecule has 0 atom stereocenters. The van der Waals surface area contributed by atoms with Gasteiger partial charge in [0.15, 0.2) is 0 Å². The molecule has 1 aromatic rings. The van der Waals surface area contributed by atoms with Crippen LogP contribution in [-0.4, -0.2) is 35.7 Å². The van der Waals surface area contributed by atoms with Gasteiger partial charge in [0.2, 0.25) is 0 Å². The second kappa shape index (κ2) is 5.12. The van der Waals surface area contributed by atoms with Crippen molar-refractivity contribution in [2.24, 2.45) is 0 Å². The van der Waals surface area contributed by atoms with E-state index in [1.807, 2.05) is 10.8 Å². The van der Waals surface area contributed by atoms with Crippen molar-refractivity contribution >= 4 is 5.97 Å². The second-order valence-corrected chi connectivity index (χ2v) is 4.05. The molecule has 1 aliphatic rings. The van der Waals surface area contributed by atoms with Crippen LogP contribution in [0.4, 0.5) is 0 Å². The summed E-state index contributed by atoms with van der Waals surface area (Å²) in [5, 5.41) is 3.33. The van der Waals surface area contributed by atoms with E-state index in [-0.39, 0.29) is 12.5 Å². The molecule has 1 saturated heterocycles. The lowest BCUT2D eigenvalue weighted by molar-refractivity contribution is -0.141. The third kappa shape index (κ3) is 2.41. The van der Waals surface area contributed by atoms with E-state index in [0.29, 0.717) is 5.92 Å². The minimum absolute atomic E-state index is 0.229. The third-order valence-electron chi connectivity index (χ3n) is 3.03. The molecule has 1 aromatic heterocycles. The lowest BCUT2D eigenvalue weighted by Crippen LogP contribution is -2.28. The molecule has 0 unspecified atom stereocenters. The van der Waals surface area contributed by atoms with Crippen LogP contribution in [-0.2, 0) is 16.1 Å². The summed E-state index contributed by atoms with van der Waals surface area (Å²) in [5.41, 5.74) is 1.15. The number of rotatable bonds is 3. The number of methoxy groups -OCH3 is 1. The van der Waals surface area contributed by atoms with Gasteiger partial charge >= 0.3 is 5.97 Å². The lowest BCUT2D eigenvalue weighted by atomic mass is 9.95. The van der Waals surface area contributed by atoms with Gasteiger partial charge in [0.25, 0.3) is 0 Å². The van der Waals surface area contributed by atoms with Crippen LogP contribution in [0, 0.1) is 0 Å². The number of nitrogens with one attached hydrogen (secondary N) is 1. The molecule has 1 aliphatic heterocycles. The molecule has 2 rings (SSSR count). The van der Waals surface area contributed by atoms with Crippen molar-refractivity contribution in [1.29, 1.82) is 0 Å². The van der Waals surface area contributed by atoms with Gasteiger partial charge in [0, 0.05) is 17.8 Å². The van der Waals surface area contributed by atoms with Crippen molar-refractivity contribution in [3.63, 3.8) is 0 Å². The fourth-order valence-electron chi connectivity index (χ4n) is 2.12. The van der Waals surface area contributed by atoms with E-state index in [0.717, 1.165) is 31.6 Å². The number of hydrogen-bond acceptors (Lipinski definition) is 4. The molecule has 0 aliphatic carbocycles. The van der Waals surface area contributed by atoms with Crippen LogP contribution in [0.15, 0.2) is 12.5 Å². The van der Waals surface area contributed by atoms with Crippen LogP contribution in [0.5, 0.6) is 0 Å². The number of hydrogen-bond donors (Lipinski definition) is 1. The summed E-state index contributed by atoms with van der Waals surface area (Å²) in [6.07, 6.45) is 5.77. The van der Waals surface area contributed by atoms with E-state index >= 15 is 0 Å². The van der Waals surface area contributed by atoms with Crippen LogP contribution in [0.1, 0.15) is 24.5 Å². The first-order chi connectivity index (χ1) is 7.81. The second-order valence-electron chi connectivity index (χ2n) is 4.05. The highest BCUT2D eigenvalue weighted by atomic mass is 16.5. The number of esters is 1. The molecule has 5 nitrogen and oxygen atoms in total. The molecule has 0 bridgehead atoms. The quantitative estimate of drug-likeness (QED) is 0.759. The zero-order valence-corrected chi connectivity index (χ0v) is 9.48. The predicted octanol–water partition coefficient (Wildman–Crippen LogP) is 0.523. The molecule has 1 fully saturated rings. The van der Waals surface area contributed by atoms with Crippen LogP contribution in [0.25, 0.3) is 0 Å². The fourth-order valence-corrected chi connectivity index (χ4v) is 2.12. The van der Waals surface area contributed by atoms with E-state index in [2.05, 4.69) is 15.0 Å². The normalized spacial score (nSPS) is 17.3. The van der Waals surface area contributed by atoms with E-state index < -0.39 is 0 Å². The molecule has 0 aromatic carbocycles. The maximum Gasteiger partial charge on any atom is 0.325 e. The summed E-state index contributed by atoms with van der Waals surface area (Å²) < 4.78 is 6.56. The van der Waals surface area contributed by atoms with Crippen molar-refractivity contribution in [3.8, 4) is 0 Å². The largest absolute Gasteiger partial charge is 0.468 e. The van der Waals surface area contributed by atoms with E-state index in [4.69, 9.17) is 0 Å². The van der Waals surface area contributed by atoms with E-state index in [1.54, 1.807) is 6.33 Å². The zero-order valence-electron chi connectivity index (χ0n) is 9.48. The molecule has 88 valence electrons. The molecule has 16 heavy (non-hydrogen) atoms. The number of carbonyl (C=O) groups is 1. The maximum absolute atomic E-state index is 11.2. The Morgan fingerprint density at radius 1 is 1.62 bits per heavy atom. The Hall–Kier alpha value is -1.36. The van der Waals surface area contributed by atoms with Crippen molar-refractivity contribution in [1.82, 2.24) is 14.9 Å². The Balaban J connectivity index is 2.08. The Bertz CT molecular complexity index is 356. The Kier molecular flexibility index (Phi) is 3.56. The summed E-state index contributed by atoms with van der Waals surface area (Å²) in [6, 6.07) is 0. The highest BCUT2D eigenvalue weighted by Gasteiger charge is 2.19. The highest BCUT2D eigenvalue weighted by Crippen LogP contribution is 2.24. The Morgan fingerprint density at radius 3 is 3.06 bits per heavy atom. The number of carbonyl (C=O) groups excluding carboxylic acids is 1. The van der Waals surface area contributed by atoms with Gasteiger partial charge in [-0.3, -0.25) is 4.79 Å². The third-order valence-corrected chi connectivity index (χ3v) is 3.03. The molecule has 5 heteroatoms. The first-order valence-corrected chi connectivity index (χ1v) is 5.59. The minimum Gasteiger partial charge on any atom is -0.468 e. The van der Waals surface area contributed by atoms with Gasteiger partial charge in [-0.25, -0.2) is 4.98 Å². The minimum atomic E-state index is -0.229. The van der Waals surface area contributed by atoms with E-state index in [9.17, 15) is 4.79 Å². The summed E-state index contributed by atoms with van der Waals surface area (Å²) in [7, 11) is 1.41. The van der Waals surface area contributed by atoms with Crippen LogP contribution in [0.2, 0.25) is 0 Å². The number of aromatic nitrogens is 2. The smallest absolute Gasteiger partial charge is 0.325 e. The van der Waals surface area contributed by atoms with Crippen molar-refractivity contribution in [3.05, 3.63) is 18.2 Å². The summed E-state index contributed by atoms with van der Waals surface area (Å²) >= 11 is 0. The van der Waals surface area contributed by atoms with Crippen LogP contribution >= 0.6 is 0 Å². The SMILES string of the molecule is COC(=O)Cn1cncc1C1CCNCC1. The van der Waals surface area contributed by atoms with Crippen molar-refractivity contribution in [2.45, 2.75) is 25.3 Å². The van der Waals surface area contributed by atoms with Gasteiger partial charge in [0.1, 0.15) is 6.54 Å². The first-order valence-electron chi connectivity index (χ1n) is 5.59. The Morgan fingerprint density at radius 2 is 2.38 bits per heavy atom. The van der Waals surface area contributed by atoms with Gasteiger partial charge in [-0.05, 0) is 25.9 Å². The van der Waals surface area contributed by atoms with Gasteiger partial charge in [-0.15, -0.1) is 0 Å². The summed E-state index contributed by atoms with van der Waals surface area (Å²) in [5.74, 6) is 0.279.